The first-order chi connectivity index (χ1) is 3.80. The predicted molar refractivity (Wildman–Crippen MR) is 33.7 cm³/mol. The summed E-state index contributed by atoms with van der Waals surface area (Å²) in [5.74, 6) is 0.506. The highest BCUT2D eigenvalue weighted by Gasteiger charge is 2.02. The minimum Gasteiger partial charge on any atom is -0.234 e. The van der Waals surface area contributed by atoms with E-state index in [1.807, 2.05) is 0 Å². The summed E-state index contributed by atoms with van der Waals surface area (Å²) >= 11 is 5.43. The van der Waals surface area contributed by atoms with Crippen LogP contribution in [0.3, 0.4) is 0 Å². The van der Waals surface area contributed by atoms with Crippen LogP contribution in [0.1, 0.15) is 0 Å². The molecule has 3 heteroatoms. The molecule has 0 fully saturated rings. The van der Waals surface area contributed by atoms with E-state index in [1.54, 1.807) is 12.4 Å². The van der Waals surface area contributed by atoms with Crippen LogP contribution in [0.15, 0.2) is 29.0 Å². The topological polar surface area (TPSA) is 26.5 Å². The molecule has 0 aromatic heterocycles. The molecular weight excluding hydrogens is 124 g/mol. The summed E-state index contributed by atoms with van der Waals surface area (Å²) in [5.41, 5.74) is 0. The van der Waals surface area contributed by atoms with Gasteiger partial charge in [0.2, 0.25) is 0 Å². The molecule has 0 atom stereocenters. The van der Waals surface area contributed by atoms with Crippen LogP contribution >= 0.6 is 11.6 Å². The molecule has 0 saturated heterocycles. The second kappa shape index (κ2) is 2.01. The highest BCUT2D eigenvalue weighted by molar-refractivity contribution is 6.43. The van der Waals surface area contributed by atoms with Gasteiger partial charge in [-0.05, 0) is 0 Å². The SMILES string of the molecule is C=C(Cl)C1=NC=C[N]1. The zero-order chi connectivity index (χ0) is 5.98. The van der Waals surface area contributed by atoms with Crippen LogP contribution < -0.4 is 5.32 Å². The Bertz CT molecular complexity index is 169. The van der Waals surface area contributed by atoms with Gasteiger partial charge in [-0.3, -0.25) is 0 Å². The van der Waals surface area contributed by atoms with Crippen LogP contribution in [0, 0.1) is 0 Å². The van der Waals surface area contributed by atoms with Crippen molar-refractivity contribution in [2.24, 2.45) is 4.99 Å². The lowest BCUT2D eigenvalue weighted by Gasteiger charge is -1.89. The summed E-state index contributed by atoms with van der Waals surface area (Å²) in [5, 5.41) is 4.16. The monoisotopic (exact) mass is 127 g/mol. The van der Waals surface area contributed by atoms with Crippen molar-refractivity contribution in [3.05, 3.63) is 24.0 Å². The first-order valence-corrected chi connectivity index (χ1v) is 2.47. The summed E-state index contributed by atoms with van der Waals surface area (Å²) < 4.78 is 0. The first kappa shape index (κ1) is 5.38. The van der Waals surface area contributed by atoms with Crippen molar-refractivity contribution < 1.29 is 0 Å². The number of hydrogen-bond acceptors (Lipinski definition) is 1. The number of amidine groups is 1. The average molecular weight is 128 g/mol. The van der Waals surface area contributed by atoms with Gasteiger partial charge in [0.15, 0.2) is 5.84 Å². The summed E-state index contributed by atoms with van der Waals surface area (Å²) in [4.78, 5) is 3.77. The van der Waals surface area contributed by atoms with Crippen molar-refractivity contribution >= 4 is 17.4 Å². The Kier molecular flexibility index (Phi) is 1.35. The minimum absolute atomic E-state index is 0.384. The van der Waals surface area contributed by atoms with Crippen molar-refractivity contribution in [1.29, 1.82) is 0 Å². The summed E-state index contributed by atoms with van der Waals surface area (Å²) in [7, 11) is 0. The lowest BCUT2D eigenvalue weighted by Crippen LogP contribution is -2.04. The lowest BCUT2D eigenvalue weighted by atomic mass is 10.6. The molecule has 1 rings (SSSR count). The lowest BCUT2D eigenvalue weighted by molar-refractivity contribution is 1.30. The van der Waals surface area contributed by atoms with Gasteiger partial charge in [0.25, 0.3) is 0 Å². The maximum absolute atomic E-state index is 5.43. The van der Waals surface area contributed by atoms with Crippen LogP contribution in [0.5, 0.6) is 0 Å². The molecule has 0 aromatic carbocycles. The number of hydrogen-bond donors (Lipinski definition) is 0. The maximum Gasteiger partial charge on any atom is 0.170 e. The quantitative estimate of drug-likeness (QED) is 0.507. The van der Waals surface area contributed by atoms with Crippen molar-refractivity contribution in [3.8, 4) is 0 Å². The van der Waals surface area contributed by atoms with Gasteiger partial charge in [0.1, 0.15) is 0 Å². The van der Waals surface area contributed by atoms with E-state index in [1.165, 1.54) is 0 Å². The van der Waals surface area contributed by atoms with Crippen molar-refractivity contribution in [2.75, 3.05) is 0 Å². The molecule has 1 radical (unpaired) electrons. The van der Waals surface area contributed by atoms with Crippen molar-refractivity contribution in [1.82, 2.24) is 5.32 Å². The molecule has 0 N–H and O–H groups in total. The van der Waals surface area contributed by atoms with Gasteiger partial charge in [-0.25, -0.2) is 10.3 Å². The molecule has 41 valence electrons. The van der Waals surface area contributed by atoms with Gasteiger partial charge < -0.3 is 0 Å². The van der Waals surface area contributed by atoms with E-state index in [0.717, 1.165) is 0 Å². The normalized spacial score (nSPS) is 15.4. The fourth-order valence-corrected chi connectivity index (χ4v) is 0.479. The third-order valence-electron chi connectivity index (χ3n) is 0.703. The molecule has 8 heavy (non-hydrogen) atoms. The largest absolute Gasteiger partial charge is 0.234 e. The first-order valence-electron chi connectivity index (χ1n) is 2.09. The summed E-state index contributed by atoms with van der Waals surface area (Å²) in [6, 6.07) is 0. The standard InChI is InChI=1S/C5H4ClN2/c1-4(6)5-7-2-3-8-5/h2-3H,1H2. The number of nitrogens with zero attached hydrogens (tertiary/aromatic N) is 2. The fraction of sp³-hybridized carbons (Fsp3) is 0. The van der Waals surface area contributed by atoms with Crippen molar-refractivity contribution in [2.45, 2.75) is 0 Å². The van der Waals surface area contributed by atoms with Gasteiger partial charge in [-0.15, -0.1) is 0 Å². The highest BCUT2D eigenvalue weighted by atomic mass is 35.5. The zero-order valence-corrected chi connectivity index (χ0v) is 4.89. The van der Waals surface area contributed by atoms with Crippen molar-refractivity contribution in [3.63, 3.8) is 0 Å². The second-order valence-corrected chi connectivity index (χ2v) is 1.74. The molecule has 2 nitrogen and oxygen atoms in total. The molecule has 1 heterocycles. The molecule has 0 aromatic rings. The molecule has 0 unspecified atom stereocenters. The molecule has 0 bridgehead atoms. The van der Waals surface area contributed by atoms with E-state index >= 15 is 0 Å². The zero-order valence-electron chi connectivity index (χ0n) is 4.13. The number of aliphatic imine (C=N–C) groups is 1. The van der Waals surface area contributed by atoms with E-state index in [4.69, 9.17) is 11.6 Å². The molecule has 1 aliphatic rings. The van der Waals surface area contributed by atoms with Gasteiger partial charge in [-0.2, -0.15) is 0 Å². The van der Waals surface area contributed by atoms with E-state index in [0.29, 0.717) is 10.9 Å². The Labute approximate surface area is 52.6 Å². The van der Waals surface area contributed by atoms with Gasteiger partial charge in [0.05, 0.1) is 5.03 Å². The van der Waals surface area contributed by atoms with E-state index in [-0.39, 0.29) is 0 Å². The summed E-state index contributed by atoms with van der Waals surface area (Å²) in [6.07, 6.45) is 3.14. The van der Waals surface area contributed by atoms with Crippen LogP contribution in [0.25, 0.3) is 0 Å². The maximum atomic E-state index is 5.43. The van der Waals surface area contributed by atoms with E-state index in [2.05, 4.69) is 16.9 Å². The molecule has 0 saturated carbocycles. The fourth-order valence-electron chi connectivity index (χ4n) is 0.381. The van der Waals surface area contributed by atoms with Gasteiger partial charge in [0, 0.05) is 12.4 Å². The van der Waals surface area contributed by atoms with Crippen LogP contribution in [0.2, 0.25) is 0 Å². The third kappa shape index (κ3) is 0.898. The van der Waals surface area contributed by atoms with E-state index < -0.39 is 0 Å². The van der Waals surface area contributed by atoms with Crippen LogP contribution in [-0.4, -0.2) is 5.84 Å². The molecule has 0 aliphatic carbocycles. The highest BCUT2D eigenvalue weighted by Crippen LogP contribution is 2.03. The predicted octanol–water partition coefficient (Wildman–Crippen LogP) is 1.23. The number of rotatable bonds is 1. The summed E-state index contributed by atoms with van der Waals surface area (Å²) in [6.45, 7) is 3.44. The minimum atomic E-state index is 0.384. The Morgan fingerprint density at radius 3 is 2.62 bits per heavy atom. The Morgan fingerprint density at radius 1 is 1.62 bits per heavy atom. The Morgan fingerprint density at radius 2 is 2.38 bits per heavy atom. The smallest absolute Gasteiger partial charge is 0.170 e. The van der Waals surface area contributed by atoms with Gasteiger partial charge in [-0.1, -0.05) is 18.2 Å². The molecule has 1 aliphatic heterocycles. The number of halogens is 1. The Hall–Kier alpha value is -0.760. The molecule has 0 amide bonds. The van der Waals surface area contributed by atoms with Gasteiger partial charge >= 0.3 is 0 Å². The van der Waals surface area contributed by atoms with Crippen LogP contribution in [-0.2, 0) is 0 Å². The average Bonchev–Trinajstić information content (AvgIpc) is 2.12. The van der Waals surface area contributed by atoms with E-state index in [9.17, 15) is 0 Å². The third-order valence-corrected chi connectivity index (χ3v) is 0.872. The molecule has 0 spiro atoms. The van der Waals surface area contributed by atoms with Crippen LogP contribution in [0.4, 0.5) is 0 Å². The Balaban J connectivity index is 2.64. The second-order valence-electron chi connectivity index (χ2n) is 1.28. The molecular formula is C5H4ClN2.